The van der Waals surface area contributed by atoms with E-state index in [9.17, 15) is 20.2 Å². The van der Waals surface area contributed by atoms with Gasteiger partial charge in [-0.3, -0.25) is 19.8 Å². The Labute approximate surface area is 236 Å². The molecule has 0 saturated heterocycles. The molecule has 1 heterocycles. The zero-order valence-electron chi connectivity index (χ0n) is 22.2. The van der Waals surface area contributed by atoms with Crippen molar-refractivity contribution in [1.29, 1.82) is 5.26 Å². The van der Waals surface area contributed by atoms with Crippen LogP contribution in [0, 0.1) is 21.4 Å². The molecule has 0 radical (unpaired) electrons. The molecule has 3 aromatic rings. The lowest BCUT2D eigenvalue weighted by molar-refractivity contribution is -0.384. The summed E-state index contributed by atoms with van der Waals surface area (Å²) < 4.78 is 5.51. The second kappa shape index (κ2) is 11.3. The van der Waals surface area contributed by atoms with Crippen molar-refractivity contribution in [3.8, 4) is 11.8 Å². The van der Waals surface area contributed by atoms with Crippen LogP contribution in [-0.4, -0.2) is 23.6 Å². The Morgan fingerprint density at radius 1 is 1.10 bits per heavy atom. The number of benzene rings is 3. The zero-order chi connectivity index (χ0) is 28.4. The number of nitro benzene ring substituents is 1. The van der Waals surface area contributed by atoms with E-state index >= 15 is 0 Å². The van der Waals surface area contributed by atoms with E-state index in [0.717, 1.165) is 16.0 Å². The molecule has 1 aliphatic carbocycles. The molecule has 5 rings (SSSR count). The average Bonchev–Trinajstić information content (AvgIpc) is 2.97. The predicted molar refractivity (Wildman–Crippen MR) is 155 cm³/mol. The Kier molecular flexibility index (Phi) is 7.63. The number of anilines is 1. The molecule has 9 heteroatoms. The van der Waals surface area contributed by atoms with Gasteiger partial charge in [0.2, 0.25) is 0 Å². The van der Waals surface area contributed by atoms with Crippen molar-refractivity contribution in [3.05, 3.63) is 117 Å². The van der Waals surface area contributed by atoms with E-state index in [0.29, 0.717) is 30.0 Å². The van der Waals surface area contributed by atoms with Gasteiger partial charge in [-0.25, -0.2) is 0 Å². The van der Waals surface area contributed by atoms with Gasteiger partial charge in [0.05, 0.1) is 35.2 Å². The molecule has 0 aromatic heterocycles. The van der Waals surface area contributed by atoms with E-state index in [1.807, 2.05) is 60.9 Å². The van der Waals surface area contributed by atoms with Gasteiger partial charge in [-0.1, -0.05) is 42.5 Å². The third-order valence-electron chi connectivity index (χ3n) is 7.38. The summed E-state index contributed by atoms with van der Waals surface area (Å²) in [6.07, 6.45) is 2.67. The van der Waals surface area contributed by atoms with Gasteiger partial charge >= 0.3 is 0 Å². The van der Waals surface area contributed by atoms with Crippen molar-refractivity contribution in [2.75, 3.05) is 17.8 Å². The zero-order valence-corrected chi connectivity index (χ0v) is 23.0. The molecule has 40 heavy (non-hydrogen) atoms. The van der Waals surface area contributed by atoms with Crippen molar-refractivity contribution in [1.82, 2.24) is 0 Å². The van der Waals surface area contributed by atoms with Gasteiger partial charge in [-0.15, -0.1) is 11.8 Å². The van der Waals surface area contributed by atoms with E-state index in [1.165, 1.54) is 6.07 Å². The van der Waals surface area contributed by atoms with Crippen molar-refractivity contribution in [3.63, 3.8) is 0 Å². The molecule has 202 valence electrons. The minimum atomic E-state index is -0.668. The summed E-state index contributed by atoms with van der Waals surface area (Å²) in [4.78, 5) is 28.4. The van der Waals surface area contributed by atoms with E-state index in [1.54, 1.807) is 35.7 Å². The van der Waals surface area contributed by atoms with Crippen molar-refractivity contribution in [2.45, 2.75) is 36.5 Å². The van der Waals surface area contributed by atoms with Crippen LogP contribution in [0.1, 0.15) is 42.7 Å². The largest absolute Gasteiger partial charge is 0.494 e. The number of ether oxygens (including phenoxy) is 1. The molecule has 8 nitrogen and oxygen atoms in total. The first-order valence-corrected chi connectivity index (χ1v) is 14.2. The summed E-state index contributed by atoms with van der Waals surface area (Å²) in [5.74, 6) is -0.492. The Hall–Kier alpha value is -4.55. The first-order valence-electron chi connectivity index (χ1n) is 12.9. The predicted octanol–water partition coefficient (Wildman–Crippen LogP) is 6.41. The molecule has 0 spiro atoms. The van der Waals surface area contributed by atoms with Gasteiger partial charge in [0, 0.05) is 22.6 Å². The van der Waals surface area contributed by atoms with E-state index in [2.05, 4.69) is 6.07 Å². The fraction of sp³-hybridized carbons (Fsp3) is 0.226. The average molecular weight is 553 g/mol. The maximum Gasteiger partial charge on any atom is 0.296 e. The summed E-state index contributed by atoms with van der Waals surface area (Å²) in [5.41, 5.74) is 9.68. The number of carbonyl (C=O) groups is 1. The number of allylic oxidation sites excluding steroid dienone is 3. The number of rotatable bonds is 7. The van der Waals surface area contributed by atoms with Crippen molar-refractivity contribution in [2.24, 2.45) is 5.73 Å². The Morgan fingerprint density at radius 3 is 2.45 bits per heavy atom. The van der Waals surface area contributed by atoms with Crippen LogP contribution in [0.3, 0.4) is 0 Å². The Bertz CT molecular complexity index is 1580. The number of nitro groups is 1. The molecular formula is C31H28N4O4S. The molecule has 2 atom stereocenters. The van der Waals surface area contributed by atoms with Crippen LogP contribution < -0.4 is 15.4 Å². The van der Waals surface area contributed by atoms with Crippen LogP contribution in [0.4, 0.5) is 11.4 Å². The summed E-state index contributed by atoms with van der Waals surface area (Å²) >= 11 is 1.60. The van der Waals surface area contributed by atoms with Gasteiger partial charge in [-0.2, -0.15) is 5.26 Å². The molecule has 0 bridgehead atoms. The van der Waals surface area contributed by atoms with Crippen molar-refractivity contribution >= 4 is 28.9 Å². The van der Waals surface area contributed by atoms with Crippen molar-refractivity contribution < 1.29 is 14.5 Å². The first-order chi connectivity index (χ1) is 19.4. The van der Waals surface area contributed by atoms with E-state index in [4.69, 9.17) is 10.5 Å². The molecule has 3 aromatic carbocycles. The number of ketones is 1. The number of Topliss-reactive ketones (excluding diaryl/α,β-unsaturated/α-hetero) is 1. The van der Waals surface area contributed by atoms with Crippen LogP contribution >= 0.6 is 11.8 Å². The molecule has 0 saturated carbocycles. The summed E-state index contributed by atoms with van der Waals surface area (Å²) in [5, 5.41) is 22.6. The lowest BCUT2D eigenvalue weighted by Gasteiger charge is -2.41. The monoisotopic (exact) mass is 552 g/mol. The minimum Gasteiger partial charge on any atom is -0.494 e. The quantitative estimate of drug-likeness (QED) is 0.203. The van der Waals surface area contributed by atoms with E-state index in [-0.39, 0.29) is 40.9 Å². The second-order valence-electron chi connectivity index (χ2n) is 9.59. The molecule has 0 fully saturated rings. The summed E-state index contributed by atoms with van der Waals surface area (Å²) in [7, 11) is 0. The number of carbonyl (C=O) groups excluding carboxylic acids is 1. The number of nitrogens with zero attached hydrogens (tertiary/aromatic N) is 3. The smallest absolute Gasteiger partial charge is 0.296 e. The maximum absolute atomic E-state index is 14.0. The van der Waals surface area contributed by atoms with Crippen LogP contribution in [0.15, 0.2) is 100 Å². The molecular weight excluding hydrogens is 524 g/mol. The molecule has 2 N–H and O–H groups in total. The Balaban J connectivity index is 1.75. The number of hydrogen-bond donors (Lipinski definition) is 1. The fourth-order valence-electron chi connectivity index (χ4n) is 5.59. The van der Waals surface area contributed by atoms with Crippen LogP contribution in [0.5, 0.6) is 5.75 Å². The van der Waals surface area contributed by atoms with Gasteiger partial charge < -0.3 is 10.5 Å². The number of thioether (sulfide) groups is 1. The SMILES string of the molecule is CCOc1ccc(N2C(N)=C(C#N)C(c3ccc(SC)cc3)C3=C2CC(c2ccccc2)CC3=O)c([N+](=O)[O-])c1. The highest BCUT2D eigenvalue weighted by atomic mass is 32.2. The van der Waals surface area contributed by atoms with Crippen LogP contribution in [0.25, 0.3) is 0 Å². The van der Waals surface area contributed by atoms with Gasteiger partial charge in [-0.05, 0) is 60.9 Å². The third kappa shape index (κ3) is 4.82. The summed E-state index contributed by atoms with van der Waals surface area (Å²) in [6, 6.07) is 24.3. The lowest BCUT2D eigenvalue weighted by atomic mass is 9.72. The second-order valence-corrected chi connectivity index (χ2v) is 10.5. The lowest BCUT2D eigenvalue weighted by Crippen LogP contribution is -2.40. The standard InChI is InChI=1S/C31H28N4O4S/c1-3-39-22-11-14-25(26(17-22)35(37)38)34-27-15-21(19-7-5-4-6-8-19)16-28(36)30(27)29(24(18-32)31(34)33)20-9-12-23(40-2)13-10-20/h4-14,17,21,29H,3,15-16,33H2,1-2H3. The highest BCUT2D eigenvalue weighted by Gasteiger charge is 2.44. The number of hydrogen-bond acceptors (Lipinski definition) is 8. The molecule has 2 aliphatic rings. The summed E-state index contributed by atoms with van der Waals surface area (Å²) in [6.45, 7) is 2.14. The van der Waals surface area contributed by atoms with E-state index < -0.39 is 10.8 Å². The molecule has 0 amide bonds. The highest BCUT2D eigenvalue weighted by Crippen LogP contribution is 2.50. The molecule has 2 unspecified atom stereocenters. The topological polar surface area (TPSA) is 122 Å². The highest BCUT2D eigenvalue weighted by molar-refractivity contribution is 7.98. The normalized spacial score (nSPS) is 18.8. The van der Waals surface area contributed by atoms with Crippen LogP contribution in [-0.2, 0) is 4.79 Å². The van der Waals surface area contributed by atoms with Crippen LogP contribution in [0.2, 0.25) is 0 Å². The number of nitrogens with two attached hydrogens (primary N) is 1. The maximum atomic E-state index is 14.0. The minimum absolute atomic E-state index is 0.0777. The fourth-order valence-corrected chi connectivity index (χ4v) is 6.00. The Morgan fingerprint density at radius 2 is 1.82 bits per heavy atom. The molecule has 1 aliphatic heterocycles. The van der Waals surface area contributed by atoms with Gasteiger partial charge in [0.1, 0.15) is 17.3 Å². The first kappa shape index (κ1) is 27.0. The van der Waals surface area contributed by atoms with Gasteiger partial charge in [0.15, 0.2) is 5.78 Å². The number of nitriles is 1. The van der Waals surface area contributed by atoms with Gasteiger partial charge in [0.25, 0.3) is 5.69 Å². The third-order valence-corrected chi connectivity index (χ3v) is 8.13.